The predicted octanol–water partition coefficient (Wildman–Crippen LogP) is 0.318. The van der Waals surface area contributed by atoms with E-state index < -0.39 is 23.8 Å². The van der Waals surface area contributed by atoms with Crippen molar-refractivity contribution in [2.45, 2.75) is 56.8 Å². The maximum Gasteiger partial charge on any atom is 0.262 e. The van der Waals surface area contributed by atoms with Crippen molar-refractivity contribution in [3.63, 3.8) is 0 Å². The van der Waals surface area contributed by atoms with Crippen LogP contribution < -0.4 is 16.0 Å². The van der Waals surface area contributed by atoms with E-state index in [9.17, 15) is 19.2 Å². The highest BCUT2D eigenvalue weighted by molar-refractivity contribution is 6.24. The topological polar surface area (TPSA) is 108 Å². The van der Waals surface area contributed by atoms with Crippen LogP contribution in [0.1, 0.15) is 58.4 Å². The van der Waals surface area contributed by atoms with Crippen LogP contribution >= 0.6 is 0 Å². The zero-order valence-corrected chi connectivity index (χ0v) is 16.1. The van der Waals surface area contributed by atoms with Crippen molar-refractivity contribution in [1.29, 1.82) is 0 Å². The molecule has 0 bridgehead atoms. The van der Waals surface area contributed by atoms with Gasteiger partial charge in [0.05, 0.1) is 11.1 Å². The summed E-state index contributed by atoms with van der Waals surface area (Å²) in [5.41, 5.74) is 1.49. The van der Waals surface area contributed by atoms with Gasteiger partial charge in [-0.25, -0.2) is 0 Å². The number of fused-ring (bicyclic) bond motifs is 2. The number of nitrogens with zero attached hydrogens (tertiary/aromatic N) is 1. The van der Waals surface area contributed by atoms with Crippen molar-refractivity contribution in [3.05, 3.63) is 34.9 Å². The van der Waals surface area contributed by atoms with Crippen molar-refractivity contribution in [1.82, 2.24) is 20.9 Å². The standard InChI is InChI=1S/C21H24N4O4/c26-15-8-7-14(19(27)24-15)25-20(28)12-6-3-4-11(16(12)21(25)29)10-23-18-13-5-1-2-9-22-17(13)18/h3-4,6,13-14,17-18,22-23H,1-2,5,7-10H2,(H,24,26,27). The Kier molecular flexibility index (Phi) is 4.48. The third-order valence-corrected chi connectivity index (χ3v) is 6.60. The van der Waals surface area contributed by atoms with Gasteiger partial charge in [-0.2, -0.15) is 0 Å². The van der Waals surface area contributed by atoms with Gasteiger partial charge in [-0.3, -0.25) is 29.4 Å². The fourth-order valence-electron chi connectivity index (χ4n) is 5.02. The van der Waals surface area contributed by atoms with Crippen LogP contribution in [0.3, 0.4) is 0 Å². The number of amides is 4. The van der Waals surface area contributed by atoms with Crippen molar-refractivity contribution in [2.24, 2.45) is 5.92 Å². The summed E-state index contributed by atoms with van der Waals surface area (Å²) in [5, 5.41) is 9.34. The SMILES string of the molecule is O=C1CCC(N2C(=O)c3cccc(CNC4C5CCCCNC54)c3C2=O)C(=O)N1. The third kappa shape index (κ3) is 3.07. The van der Waals surface area contributed by atoms with Crippen molar-refractivity contribution < 1.29 is 19.2 Å². The van der Waals surface area contributed by atoms with Gasteiger partial charge in [0.1, 0.15) is 6.04 Å². The number of piperidine rings is 1. The lowest BCUT2D eigenvalue weighted by molar-refractivity contribution is -0.136. The van der Waals surface area contributed by atoms with E-state index in [1.54, 1.807) is 12.1 Å². The monoisotopic (exact) mass is 396 g/mol. The number of carbonyl (C=O) groups is 4. The first-order chi connectivity index (χ1) is 14.1. The van der Waals surface area contributed by atoms with Gasteiger partial charge >= 0.3 is 0 Å². The highest BCUT2D eigenvalue weighted by Crippen LogP contribution is 2.38. The molecule has 5 rings (SSSR count). The molecule has 1 saturated carbocycles. The van der Waals surface area contributed by atoms with Gasteiger partial charge in [0.15, 0.2) is 0 Å². The molecule has 0 spiro atoms. The molecule has 152 valence electrons. The summed E-state index contributed by atoms with van der Waals surface area (Å²) in [6.45, 7) is 1.55. The second kappa shape index (κ2) is 7.03. The molecule has 1 aliphatic carbocycles. The third-order valence-electron chi connectivity index (χ3n) is 6.60. The zero-order valence-electron chi connectivity index (χ0n) is 16.1. The Morgan fingerprint density at radius 2 is 1.93 bits per heavy atom. The fourth-order valence-corrected chi connectivity index (χ4v) is 5.02. The number of rotatable bonds is 4. The van der Waals surface area contributed by atoms with Crippen molar-refractivity contribution in [3.8, 4) is 0 Å². The molecule has 3 fully saturated rings. The van der Waals surface area contributed by atoms with E-state index in [1.807, 2.05) is 6.07 Å². The molecule has 0 aromatic heterocycles. The molecule has 4 atom stereocenters. The molecule has 4 amide bonds. The van der Waals surface area contributed by atoms with E-state index in [4.69, 9.17) is 0 Å². The minimum Gasteiger partial charge on any atom is -0.312 e. The summed E-state index contributed by atoms with van der Waals surface area (Å²) < 4.78 is 0. The Balaban J connectivity index is 1.34. The predicted molar refractivity (Wildman–Crippen MR) is 103 cm³/mol. The number of nitrogens with one attached hydrogen (secondary N) is 3. The summed E-state index contributed by atoms with van der Waals surface area (Å²) >= 11 is 0. The number of carbonyl (C=O) groups excluding carboxylic acids is 4. The van der Waals surface area contributed by atoms with Gasteiger partial charge < -0.3 is 10.6 Å². The first-order valence-electron chi connectivity index (χ1n) is 10.4. The molecule has 8 nitrogen and oxygen atoms in total. The molecule has 2 saturated heterocycles. The number of benzene rings is 1. The van der Waals surface area contributed by atoms with Gasteiger partial charge in [-0.15, -0.1) is 0 Å². The lowest BCUT2D eigenvalue weighted by Gasteiger charge is -2.27. The molecule has 3 N–H and O–H groups in total. The summed E-state index contributed by atoms with van der Waals surface area (Å²) in [7, 11) is 0. The average molecular weight is 396 g/mol. The molecular formula is C21H24N4O4. The van der Waals surface area contributed by atoms with Gasteiger partial charge in [-0.05, 0) is 43.4 Å². The quantitative estimate of drug-likeness (QED) is 0.633. The van der Waals surface area contributed by atoms with Crippen molar-refractivity contribution in [2.75, 3.05) is 6.54 Å². The Labute approximate surface area is 168 Å². The van der Waals surface area contributed by atoms with Crippen LogP contribution in [-0.2, 0) is 16.1 Å². The maximum atomic E-state index is 13.1. The minimum atomic E-state index is -0.930. The molecule has 1 aromatic carbocycles. The summed E-state index contributed by atoms with van der Waals surface area (Å²) in [5.74, 6) is -1.23. The molecular weight excluding hydrogens is 372 g/mol. The Hall–Kier alpha value is -2.58. The summed E-state index contributed by atoms with van der Waals surface area (Å²) in [4.78, 5) is 50.7. The average Bonchev–Trinajstić information content (AvgIpc) is 3.36. The zero-order chi connectivity index (χ0) is 20.1. The smallest absolute Gasteiger partial charge is 0.262 e. The largest absolute Gasteiger partial charge is 0.312 e. The summed E-state index contributed by atoms with van der Waals surface area (Å²) in [6.07, 6.45) is 3.96. The van der Waals surface area contributed by atoms with Crippen LogP contribution in [0.5, 0.6) is 0 Å². The van der Waals surface area contributed by atoms with Gasteiger partial charge in [0.2, 0.25) is 11.8 Å². The Morgan fingerprint density at radius 3 is 2.76 bits per heavy atom. The molecule has 4 aliphatic rings. The van der Waals surface area contributed by atoms with E-state index in [1.165, 1.54) is 19.3 Å². The molecule has 0 radical (unpaired) electrons. The lowest BCUT2D eigenvalue weighted by Crippen LogP contribution is -2.54. The van der Waals surface area contributed by atoms with Crippen molar-refractivity contribution >= 4 is 23.6 Å². The van der Waals surface area contributed by atoms with Crippen LogP contribution in [-0.4, -0.2) is 53.2 Å². The number of hydrogen-bond acceptors (Lipinski definition) is 6. The molecule has 1 aromatic rings. The molecule has 3 aliphatic heterocycles. The fraction of sp³-hybridized carbons (Fsp3) is 0.524. The second-order valence-corrected chi connectivity index (χ2v) is 8.33. The van der Waals surface area contributed by atoms with E-state index in [-0.39, 0.29) is 18.7 Å². The van der Waals surface area contributed by atoms with Gasteiger partial charge in [0.25, 0.3) is 11.8 Å². The normalized spacial score (nSPS) is 31.2. The van der Waals surface area contributed by atoms with Gasteiger partial charge in [0, 0.05) is 25.0 Å². The maximum absolute atomic E-state index is 13.1. The molecule has 3 heterocycles. The van der Waals surface area contributed by atoms with Crippen LogP contribution in [0, 0.1) is 5.92 Å². The summed E-state index contributed by atoms with van der Waals surface area (Å²) in [6, 6.07) is 5.22. The minimum absolute atomic E-state index is 0.121. The van der Waals surface area contributed by atoms with E-state index >= 15 is 0 Å². The van der Waals surface area contributed by atoms with Crippen LogP contribution in [0.25, 0.3) is 0 Å². The highest BCUT2D eigenvalue weighted by Gasteiger charge is 2.50. The van der Waals surface area contributed by atoms with Gasteiger partial charge in [-0.1, -0.05) is 18.6 Å². The van der Waals surface area contributed by atoms with Crippen LogP contribution in [0.4, 0.5) is 0 Å². The highest BCUT2D eigenvalue weighted by atomic mass is 16.2. The molecule has 4 unspecified atom stereocenters. The van der Waals surface area contributed by atoms with E-state index in [2.05, 4.69) is 16.0 Å². The first-order valence-corrected chi connectivity index (χ1v) is 10.4. The Morgan fingerprint density at radius 1 is 1.07 bits per heavy atom. The van der Waals surface area contributed by atoms with E-state index in [0.717, 1.165) is 17.0 Å². The lowest BCUT2D eigenvalue weighted by atomic mass is 10.0. The molecule has 29 heavy (non-hydrogen) atoms. The van der Waals surface area contributed by atoms with Crippen LogP contribution in [0.15, 0.2) is 18.2 Å². The van der Waals surface area contributed by atoms with Crippen LogP contribution in [0.2, 0.25) is 0 Å². The Bertz CT molecular complexity index is 902. The second-order valence-electron chi connectivity index (χ2n) is 8.33. The number of hydrogen-bond donors (Lipinski definition) is 3. The van der Waals surface area contributed by atoms with E-state index in [0.29, 0.717) is 35.7 Å². The molecule has 8 heteroatoms. The number of imide groups is 2. The first kappa shape index (κ1) is 18.4.